The van der Waals surface area contributed by atoms with Crippen LogP contribution in [-0.2, 0) is 6.42 Å². The summed E-state index contributed by atoms with van der Waals surface area (Å²) in [6.07, 6.45) is 5.58. The lowest BCUT2D eigenvalue weighted by molar-refractivity contribution is 0.112. The van der Waals surface area contributed by atoms with Crippen molar-refractivity contribution < 1.29 is 14.3 Å². The van der Waals surface area contributed by atoms with E-state index in [4.69, 9.17) is 0 Å². The van der Waals surface area contributed by atoms with Gasteiger partial charge in [-0.05, 0) is 128 Å². The minimum Gasteiger partial charge on any atom is -0.508 e. The highest BCUT2D eigenvalue weighted by atomic mass is 19.1. The van der Waals surface area contributed by atoms with Gasteiger partial charge in [-0.1, -0.05) is 87.6 Å². The summed E-state index contributed by atoms with van der Waals surface area (Å²) in [6.45, 7) is 14.1. The van der Waals surface area contributed by atoms with Crippen molar-refractivity contribution in [3.8, 4) is 17.6 Å². The summed E-state index contributed by atoms with van der Waals surface area (Å²) >= 11 is 0. The minimum absolute atomic E-state index is 0.0567. The standard InChI is InChI=1S/C46H55FN2O2/c1-7-33(5)43-29-40(51)18-19-42(43)46(41(9-3)37-14-10-12-32(4)26-37)38-17-20-45(44(47)28-38)49-24-21-35(22-25-49)30-48(6)23-11-13-34-15-16-39(31-50)36(8-2)27-34/h10,12,14-20,26-29,31,33,35,41,46,51H,7-9,21-25,30H2,1-6H3. The van der Waals surface area contributed by atoms with Gasteiger partial charge in [-0.3, -0.25) is 9.69 Å². The molecule has 4 aromatic rings. The lowest BCUT2D eigenvalue weighted by atomic mass is 9.73. The van der Waals surface area contributed by atoms with E-state index >= 15 is 4.39 Å². The Kier molecular flexibility index (Phi) is 13.1. The van der Waals surface area contributed by atoms with Gasteiger partial charge in [0, 0.05) is 36.7 Å². The monoisotopic (exact) mass is 686 g/mol. The predicted molar refractivity (Wildman–Crippen MR) is 210 cm³/mol. The number of piperidine rings is 1. The van der Waals surface area contributed by atoms with Crippen LogP contribution < -0.4 is 4.90 Å². The average Bonchev–Trinajstić information content (AvgIpc) is 3.14. The van der Waals surface area contributed by atoms with Gasteiger partial charge in [-0.15, -0.1) is 0 Å². The Morgan fingerprint density at radius 2 is 1.73 bits per heavy atom. The Labute approximate surface area is 305 Å². The maximum absolute atomic E-state index is 16.3. The third kappa shape index (κ3) is 9.29. The smallest absolute Gasteiger partial charge is 0.150 e. The number of nitrogens with zero attached hydrogens (tertiary/aromatic N) is 2. The summed E-state index contributed by atoms with van der Waals surface area (Å²) in [5.74, 6) is 7.56. The first-order valence-corrected chi connectivity index (χ1v) is 18.8. The Balaban J connectivity index is 1.30. The molecule has 3 unspecified atom stereocenters. The zero-order valence-electron chi connectivity index (χ0n) is 31.4. The van der Waals surface area contributed by atoms with E-state index in [1.807, 2.05) is 30.3 Å². The van der Waals surface area contributed by atoms with E-state index in [-0.39, 0.29) is 29.3 Å². The Morgan fingerprint density at radius 1 is 0.941 bits per heavy atom. The molecule has 0 radical (unpaired) electrons. The molecule has 1 aliphatic heterocycles. The highest BCUT2D eigenvalue weighted by molar-refractivity contribution is 5.77. The molecule has 4 nitrogen and oxygen atoms in total. The number of phenols is 1. The number of carbonyl (C=O) groups excluding carboxylic acids is 1. The molecule has 1 heterocycles. The quantitative estimate of drug-likeness (QED) is 0.112. The third-order valence-corrected chi connectivity index (χ3v) is 10.9. The maximum Gasteiger partial charge on any atom is 0.150 e. The number of anilines is 1. The molecular formula is C46H55FN2O2. The zero-order chi connectivity index (χ0) is 36.5. The van der Waals surface area contributed by atoms with Gasteiger partial charge in [-0.2, -0.15) is 0 Å². The topological polar surface area (TPSA) is 43.8 Å². The van der Waals surface area contributed by atoms with Crippen molar-refractivity contribution in [2.24, 2.45) is 5.92 Å². The number of rotatable bonds is 13. The molecule has 1 N–H and O–H groups in total. The van der Waals surface area contributed by atoms with Crippen molar-refractivity contribution in [1.82, 2.24) is 4.90 Å². The molecule has 1 fully saturated rings. The molecule has 0 saturated carbocycles. The van der Waals surface area contributed by atoms with Crippen molar-refractivity contribution in [3.63, 3.8) is 0 Å². The van der Waals surface area contributed by atoms with Gasteiger partial charge in [0.05, 0.1) is 12.2 Å². The van der Waals surface area contributed by atoms with E-state index in [1.54, 1.807) is 12.1 Å². The van der Waals surface area contributed by atoms with Crippen molar-refractivity contribution in [2.45, 2.75) is 84.5 Å². The predicted octanol–water partition coefficient (Wildman–Crippen LogP) is 10.3. The number of aldehydes is 1. The number of phenolic OH excluding ortho intramolecular Hbond substituents is 1. The van der Waals surface area contributed by atoms with E-state index in [9.17, 15) is 9.90 Å². The van der Waals surface area contributed by atoms with Crippen LogP contribution in [0.25, 0.3) is 0 Å². The Bertz CT molecular complexity index is 1850. The van der Waals surface area contributed by atoms with E-state index < -0.39 is 0 Å². The van der Waals surface area contributed by atoms with E-state index in [0.717, 1.165) is 85.8 Å². The van der Waals surface area contributed by atoms with Gasteiger partial charge in [-0.25, -0.2) is 4.39 Å². The van der Waals surface area contributed by atoms with E-state index in [1.165, 1.54) is 16.7 Å². The minimum atomic E-state index is -0.168. The first-order valence-electron chi connectivity index (χ1n) is 18.8. The maximum atomic E-state index is 16.3. The number of aromatic hydroxyl groups is 1. The fourth-order valence-electron chi connectivity index (χ4n) is 7.90. The molecule has 0 amide bonds. The van der Waals surface area contributed by atoms with Gasteiger partial charge in [0.25, 0.3) is 0 Å². The van der Waals surface area contributed by atoms with Gasteiger partial charge in [0.2, 0.25) is 0 Å². The van der Waals surface area contributed by atoms with Gasteiger partial charge in [0.15, 0.2) is 0 Å². The molecule has 0 aromatic heterocycles. The van der Waals surface area contributed by atoms with Crippen LogP contribution in [0.15, 0.2) is 78.9 Å². The average molecular weight is 687 g/mol. The van der Waals surface area contributed by atoms with Gasteiger partial charge in [0.1, 0.15) is 17.9 Å². The molecule has 5 rings (SSSR count). The number of aryl methyl sites for hydroxylation is 2. The largest absolute Gasteiger partial charge is 0.508 e. The number of benzene rings is 4. The lowest BCUT2D eigenvalue weighted by Gasteiger charge is -2.36. The molecule has 268 valence electrons. The summed E-state index contributed by atoms with van der Waals surface area (Å²) in [4.78, 5) is 15.7. The van der Waals surface area contributed by atoms with Gasteiger partial charge >= 0.3 is 0 Å². The van der Waals surface area contributed by atoms with Crippen LogP contribution in [0.1, 0.15) is 120 Å². The highest BCUT2D eigenvalue weighted by Crippen LogP contribution is 2.45. The first kappa shape index (κ1) is 37.8. The fourth-order valence-corrected chi connectivity index (χ4v) is 7.90. The first-order chi connectivity index (χ1) is 24.6. The summed E-state index contributed by atoms with van der Waals surface area (Å²) in [7, 11) is 2.11. The van der Waals surface area contributed by atoms with E-state index in [0.29, 0.717) is 18.2 Å². The number of halogens is 1. The molecule has 5 heteroatoms. The van der Waals surface area contributed by atoms with Crippen LogP contribution >= 0.6 is 0 Å². The lowest BCUT2D eigenvalue weighted by Crippen LogP contribution is -2.38. The molecule has 1 saturated heterocycles. The second kappa shape index (κ2) is 17.7. The van der Waals surface area contributed by atoms with Crippen molar-refractivity contribution in [3.05, 3.63) is 129 Å². The van der Waals surface area contributed by atoms with Crippen LogP contribution in [-0.4, -0.2) is 49.5 Å². The molecule has 0 bridgehead atoms. The summed E-state index contributed by atoms with van der Waals surface area (Å²) in [6, 6.07) is 26.2. The molecule has 1 aliphatic rings. The summed E-state index contributed by atoms with van der Waals surface area (Å²) in [5.41, 5.74) is 9.14. The highest BCUT2D eigenvalue weighted by Gasteiger charge is 2.30. The molecule has 0 spiro atoms. The number of hydrogen-bond acceptors (Lipinski definition) is 4. The van der Waals surface area contributed by atoms with Gasteiger partial charge < -0.3 is 10.0 Å². The second-order valence-corrected chi connectivity index (χ2v) is 14.6. The molecule has 3 atom stereocenters. The van der Waals surface area contributed by atoms with E-state index in [2.05, 4.69) is 99.7 Å². The van der Waals surface area contributed by atoms with Crippen LogP contribution in [0, 0.1) is 30.5 Å². The van der Waals surface area contributed by atoms with Crippen LogP contribution in [0.3, 0.4) is 0 Å². The molecule has 51 heavy (non-hydrogen) atoms. The van der Waals surface area contributed by atoms with Crippen molar-refractivity contribution >= 4 is 12.0 Å². The SMILES string of the molecule is CCc1cc(C#CCN(C)CC2CCN(c3ccc(C(c4ccc(O)cc4C(C)CC)C(CC)c4cccc(C)c4)cc3F)CC2)ccc1C=O. The number of carbonyl (C=O) groups is 1. The molecular weight excluding hydrogens is 632 g/mol. The van der Waals surface area contributed by atoms with Crippen LogP contribution in [0.2, 0.25) is 0 Å². The van der Waals surface area contributed by atoms with Crippen molar-refractivity contribution in [1.29, 1.82) is 0 Å². The third-order valence-electron chi connectivity index (χ3n) is 10.9. The fraction of sp³-hybridized carbons (Fsp3) is 0.413. The molecule has 0 aliphatic carbocycles. The van der Waals surface area contributed by atoms with Crippen molar-refractivity contribution in [2.75, 3.05) is 38.1 Å². The normalized spacial score (nSPS) is 15.3. The Hall–Kier alpha value is -4.40. The van der Waals surface area contributed by atoms with Crippen LogP contribution in [0.5, 0.6) is 5.75 Å². The zero-order valence-corrected chi connectivity index (χ0v) is 31.4. The molecule has 4 aromatic carbocycles. The Morgan fingerprint density at radius 3 is 2.39 bits per heavy atom. The second-order valence-electron chi connectivity index (χ2n) is 14.6. The van der Waals surface area contributed by atoms with Crippen LogP contribution in [0.4, 0.5) is 10.1 Å². The summed E-state index contributed by atoms with van der Waals surface area (Å²) < 4.78 is 16.3. The number of hydrogen-bond donors (Lipinski definition) is 1. The summed E-state index contributed by atoms with van der Waals surface area (Å²) in [5, 5.41) is 10.5.